The topological polar surface area (TPSA) is 59.3 Å². The number of nitrogens with one attached hydrogen (secondary N) is 1. The molecule has 0 aliphatic heterocycles. The predicted molar refractivity (Wildman–Crippen MR) is 122 cm³/mol. The summed E-state index contributed by atoms with van der Waals surface area (Å²) in [6.45, 7) is 2.08. The van der Waals surface area contributed by atoms with Crippen LogP contribution in [0.15, 0.2) is 84.1 Å². The van der Waals surface area contributed by atoms with Gasteiger partial charge in [-0.25, -0.2) is 18.4 Å². The maximum absolute atomic E-state index is 12.4. The molecular formula is C24H20N4OS. The van der Waals surface area contributed by atoms with Crippen molar-refractivity contribution in [2.75, 3.05) is 7.05 Å². The first-order valence-corrected chi connectivity index (χ1v) is 10.8. The smallest absolute Gasteiger partial charge is 0.162 e. The third-order valence-electron chi connectivity index (χ3n) is 5.30. The van der Waals surface area contributed by atoms with Gasteiger partial charge in [-0.1, -0.05) is 60.2 Å². The normalized spacial score (nSPS) is 12.5. The minimum Gasteiger partial charge on any atom is -0.237 e. The molecule has 0 radical (unpaired) electrons. The second kappa shape index (κ2) is 7.48. The van der Waals surface area contributed by atoms with Crippen molar-refractivity contribution >= 4 is 27.4 Å². The Labute approximate surface area is 177 Å². The van der Waals surface area contributed by atoms with Gasteiger partial charge in [0.1, 0.15) is 11.0 Å². The number of benzene rings is 3. The van der Waals surface area contributed by atoms with Crippen molar-refractivity contribution in [1.29, 1.82) is 0 Å². The highest BCUT2D eigenvalue weighted by molar-refractivity contribution is 7.83. The van der Waals surface area contributed by atoms with Crippen LogP contribution in [0.4, 0.5) is 0 Å². The van der Waals surface area contributed by atoms with Crippen LogP contribution in [0.1, 0.15) is 5.56 Å². The Morgan fingerprint density at radius 3 is 2.40 bits per heavy atom. The Bertz CT molecular complexity index is 1410. The van der Waals surface area contributed by atoms with Crippen LogP contribution in [0.5, 0.6) is 0 Å². The van der Waals surface area contributed by atoms with Crippen LogP contribution in [-0.4, -0.2) is 25.9 Å². The van der Waals surface area contributed by atoms with E-state index in [4.69, 9.17) is 4.98 Å². The number of aryl methyl sites for hydroxylation is 1. The molecule has 0 aliphatic rings. The van der Waals surface area contributed by atoms with E-state index in [0.29, 0.717) is 0 Å². The number of nitrogens with zero attached hydrogens (tertiary/aromatic N) is 3. The second-order valence-electron chi connectivity index (χ2n) is 7.16. The van der Waals surface area contributed by atoms with E-state index in [1.54, 1.807) is 7.05 Å². The third kappa shape index (κ3) is 3.10. The number of fused-ring (bicyclic) bond motifs is 2. The van der Waals surface area contributed by atoms with Crippen LogP contribution in [0.3, 0.4) is 0 Å². The molecule has 30 heavy (non-hydrogen) atoms. The van der Waals surface area contributed by atoms with Crippen LogP contribution < -0.4 is 4.72 Å². The summed E-state index contributed by atoms with van der Waals surface area (Å²) < 4.78 is 17.0. The molecule has 0 fully saturated rings. The Hall–Kier alpha value is -3.35. The van der Waals surface area contributed by atoms with Crippen molar-refractivity contribution in [2.24, 2.45) is 0 Å². The Kier molecular flexibility index (Phi) is 4.65. The first-order valence-electron chi connectivity index (χ1n) is 9.67. The lowest BCUT2D eigenvalue weighted by Crippen LogP contribution is -2.10. The first-order chi connectivity index (χ1) is 14.7. The number of hydrogen-bond acceptors (Lipinski definition) is 3. The van der Waals surface area contributed by atoms with E-state index >= 15 is 0 Å². The van der Waals surface area contributed by atoms with Crippen molar-refractivity contribution in [3.63, 3.8) is 0 Å². The van der Waals surface area contributed by atoms with Crippen LogP contribution in [-0.2, 0) is 11.0 Å². The molecule has 0 aliphatic carbocycles. The SMILES string of the molecule is CNS(=O)c1ccc(-c2cnn3cc(-c4ccc(C)cc4)cnc23)c2ccccc12. The molecule has 1 unspecified atom stereocenters. The van der Waals surface area contributed by atoms with Gasteiger partial charge in [0.05, 0.1) is 11.1 Å². The maximum Gasteiger partial charge on any atom is 0.162 e. The molecule has 0 bridgehead atoms. The molecule has 0 saturated carbocycles. The molecule has 6 heteroatoms. The minimum absolute atomic E-state index is 0.767. The van der Waals surface area contributed by atoms with Crippen molar-refractivity contribution in [1.82, 2.24) is 19.3 Å². The van der Waals surface area contributed by atoms with Crippen LogP contribution >= 0.6 is 0 Å². The zero-order valence-electron chi connectivity index (χ0n) is 16.7. The predicted octanol–water partition coefficient (Wildman–Crippen LogP) is 4.77. The number of rotatable bonds is 4. The molecule has 2 aromatic heterocycles. The minimum atomic E-state index is -1.26. The lowest BCUT2D eigenvalue weighted by atomic mass is 10.00. The maximum atomic E-state index is 12.4. The number of aromatic nitrogens is 3. The van der Waals surface area contributed by atoms with Gasteiger partial charge in [-0.05, 0) is 41.9 Å². The second-order valence-corrected chi connectivity index (χ2v) is 8.55. The summed E-state index contributed by atoms with van der Waals surface area (Å²) in [5.41, 5.74) is 6.11. The van der Waals surface area contributed by atoms with Gasteiger partial charge in [0, 0.05) is 23.5 Å². The number of hydrogen-bond donors (Lipinski definition) is 1. The lowest BCUT2D eigenvalue weighted by molar-refractivity contribution is 0.678. The zero-order valence-corrected chi connectivity index (χ0v) is 17.5. The Balaban J connectivity index is 1.66. The zero-order chi connectivity index (χ0) is 20.7. The summed E-state index contributed by atoms with van der Waals surface area (Å²) in [6, 6.07) is 20.3. The highest BCUT2D eigenvalue weighted by atomic mass is 32.2. The summed E-state index contributed by atoms with van der Waals surface area (Å²) in [5, 5.41) is 6.54. The molecule has 5 aromatic rings. The van der Waals surface area contributed by atoms with Gasteiger partial charge in [0.2, 0.25) is 0 Å². The lowest BCUT2D eigenvalue weighted by Gasteiger charge is -2.10. The van der Waals surface area contributed by atoms with Crippen LogP contribution in [0.25, 0.3) is 38.7 Å². The van der Waals surface area contributed by atoms with E-state index in [2.05, 4.69) is 41.0 Å². The fourth-order valence-electron chi connectivity index (χ4n) is 3.74. The van der Waals surface area contributed by atoms with E-state index in [1.807, 2.05) is 59.5 Å². The van der Waals surface area contributed by atoms with Crippen molar-refractivity contribution in [3.8, 4) is 22.3 Å². The van der Waals surface area contributed by atoms with Gasteiger partial charge in [0.15, 0.2) is 5.65 Å². The van der Waals surface area contributed by atoms with Gasteiger partial charge in [-0.3, -0.25) is 0 Å². The van der Waals surface area contributed by atoms with Gasteiger partial charge in [0.25, 0.3) is 0 Å². The monoisotopic (exact) mass is 412 g/mol. The summed E-state index contributed by atoms with van der Waals surface area (Å²) in [6.07, 6.45) is 5.73. The Morgan fingerprint density at radius 1 is 0.867 bits per heavy atom. The summed E-state index contributed by atoms with van der Waals surface area (Å²) in [7, 11) is 0.434. The van der Waals surface area contributed by atoms with Gasteiger partial charge in [-0.15, -0.1) is 0 Å². The molecule has 5 nitrogen and oxygen atoms in total. The highest BCUT2D eigenvalue weighted by Gasteiger charge is 2.15. The van der Waals surface area contributed by atoms with Gasteiger partial charge in [-0.2, -0.15) is 5.10 Å². The average molecular weight is 413 g/mol. The molecule has 148 valence electrons. The van der Waals surface area contributed by atoms with Crippen LogP contribution in [0, 0.1) is 6.92 Å². The third-order valence-corrected chi connectivity index (χ3v) is 6.43. The summed E-state index contributed by atoms with van der Waals surface area (Å²) in [4.78, 5) is 5.49. The van der Waals surface area contributed by atoms with E-state index in [9.17, 15) is 4.21 Å². The molecule has 0 saturated heterocycles. The van der Waals surface area contributed by atoms with Gasteiger partial charge < -0.3 is 0 Å². The van der Waals surface area contributed by atoms with E-state index in [1.165, 1.54) is 5.56 Å². The van der Waals surface area contributed by atoms with Crippen molar-refractivity contribution in [2.45, 2.75) is 11.8 Å². The van der Waals surface area contributed by atoms with Gasteiger partial charge >= 0.3 is 0 Å². The summed E-state index contributed by atoms with van der Waals surface area (Å²) >= 11 is 0. The highest BCUT2D eigenvalue weighted by Crippen LogP contribution is 2.34. The fourth-order valence-corrected chi connectivity index (χ4v) is 4.53. The molecule has 1 N–H and O–H groups in total. The molecule has 5 rings (SSSR count). The van der Waals surface area contributed by atoms with E-state index < -0.39 is 11.0 Å². The van der Waals surface area contributed by atoms with Crippen molar-refractivity contribution in [3.05, 3.63) is 84.8 Å². The molecule has 3 aromatic carbocycles. The Morgan fingerprint density at radius 2 is 1.63 bits per heavy atom. The van der Waals surface area contributed by atoms with Crippen LogP contribution in [0.2, 0.25) is 0 Å². The quantitative estimate of drug-likeness (QED) is 0.463. The molecule has 0 amide bonds. The average Bonchev–Trinajstić information content (AvgIpc) is 3.21. The van der Waals surface area contributed by atoms with E-state index in [0.717, 1.165) is 43.6 Å². The standard InChI is InChI=1S/C24H20N4OS/c1-16-7-9-17(10-8-16)18-13-26-24-22(14-27-28(24)15-18)20-11-12-23(30(29)25-2)21-6-4-3-5-19(20)21/h3-15,25H,1-2H3. The van der Waals surface area contributed by atoms with Crippen molar-refractivity contribution < 1.29 is 4.21 Å². The molecule has 1 atom stereocenters. The molecule has 0 spiro atoms. The largest absolute Gasteiger partial charge is 0.237 e. The first kappa shape index (κ1) is 18.7. The summed E-state index contributed by atoms with van der Waals surface area (Å²) in [5.74, 6) is 0. The molecular weight excluding hydrogens is 392 g/mol. The van der Waals surface area contributed by atoms with E-state index in [-0.39, 0.29) is 0 Å². The fraction of sp³-hybridized carbons (Fsp3) is 0.0833. The molecule has 2 heterocycles.